The molecule has 0 N–H and O–H groups in total. The SMILES string of the molecule is COC(=O)c1c(C)oc(-c2ccccc2)c1CCCCOC(C)=O. The van der Waals surface area contributed by atoms with Crippen LogP contribution >= 0.6 is 0 Å². The number of unbranched alkanes of at least 4 members (excludes halogenated alkanes) is 1. The Balaban J connectivity index is 2.25. The van der Waals surface area contributed by atoms with Crippen LogP contribution in [0.4, 0.5) is 0 Å². The smallest absolute Gasteiger partial charge is 0.341 e. The molecular weight excluding hydrogens is 308 g/mol. The Kier molecular flexibility index (Phi) is 6.18. The first-order chi connectivity index (χ1) is 11.5. The van der Waals surface area contributed by atoms with Crippen molar-refractivity contribution in [2.24, 2.45) is 0 Å². The summed E-state index contributed by atoms with van der Waals surface area (Å²) in [5.74, 6) is 0.569. The number of ether oxygens (including phenoxy) is 2. The van der Waals surface area contributed by atoms with Gasteiger partial charge in [-0.25, -0.2) is 4.79 Å². The highest BCUT2D eigenvalue weighted by Crippen LogP contribution is 2.33. The Labute approximate surface area is 141 Å². The van der Waals surface area contributed by atoms with Crippen molar-refractivity contribution in [2.45, 2.75) is 33.1 Å². The molecule has 1 heterocycles. The van der Waals surface area contributed by atoms with Gasteiger partial charge in [-0.15, -0.1) is 0 Å². The second kappa shape index (κ2) is 8.34. The third-order valence-corrected chi connectivity index (χ3v) is 3.74. The lowest BCUT2D eigenvalue weighted by Crippen LogP contribution is -2.06. The first-order valence-corrected chi connectivity index (χ1v) is 7.94. The van der Waals surface area contributed by atoms with Crippen molar-refractivity contribution >= 4 is 11.9 Å². The van der Waals surface area contributed by atoms with Crippen LogP contribution in [-0.4, -0.2) is 25.7 Å². The van der Waals surface area contributed by atoms with Gasteiger partial charge in [-0.3, -0.25) is 4.79 Å². The fourth-order valence-electron chi connectivity index (χ4n) is 2.64. The molecule has 1 aromatic carbocycles. The average molecular weight is 330 g/mol. The van der Waals surface area contributed by atoms with Crippen LogP contribution in [0.5, 0.6) is 0 Å². The van der Waals surface area contributed by atoms with Crippen LogP contribution in [0, 0.1) is 6.92 Å². The summed E-state index contributed by atoms with van der Waals surface area (Å²) in [7, 11) is 1.36. The van der Waals surface area contributed by atoms with Crippen molar-refractivity contribution in [3.8, 4) is 11.3 Å². The number of methoxy groups -OCH3 is 1. The van der Waals surface area contributed by atoms with Crippen molar-refractivity contribution in [2.75, 3.05) is 13.7 Å². The van der Waals surface area contributed by atoms with E-state index in [9.17, 15) is 9.59 Å². The Hall–Kier alpha value is -2.56. The van der Waals surface area contributed by atoms with Crippen LogP contribution in [0.15, 0.2) is 34.7 Å². The Bertz CT molecular complexity index is 700. The van der Waals surface area contributed by atoms with Crippen LogP contribution in [0.2, 0.25) is 0 Å². The summed E-state index contributed by atoms with van der Waals surface area (Å²) < 4.78 is 15.7. The summed E-state index contributed by atoms with van der Waals surface area (Å²) in [6.07, 6.45) is 2.14. The molecule has 0 aliphatic heterocycles. The van der Waals surface area contributed by atoms with Gasteiger partial charge in [-0.2, -0.15) is 0 Å². The van der Waals surface area contributed by atoms with Crippen LogP contribution in [0.3, 0.4) is 0 Å². The number of carbonyl (C=O) groups excluding carboxylic acids is 2. The standard InChI is InChI=1S/C19H22O5/c1-13-17(19(21)22-3)16(11-7-8-12-23-14(2)20)18(24-13)15-9-5-4-6-10-15/h4-6,9-10H,7-8,11-12H2,1-3H3. The highest BCUT2D eigenvalue weighted by molar-refractivity contribution is 5.94. The van der Waals surface area contributed by atoms with Gasteiger partial charge in [0.25, 0.3) is 0 Å². The Morgan fingerprint density at radius 1 is 1.12 bits per heavy atom. The van der Waals surface area contributed by atoms with Gasteiger partial charge >= 0.3 is 11.9 Å². The molecule has 5 nitrogen and oxygen atoms in total. The predicted molar refractivity (Wildman–Crippen MR) is 89.8 cm³/mol. The van der Waals surface area contributed by atoms with E-state index < -0.39 is 5.97 Å². The number of carbonyl (C=O) groups is 2. The van der Waals surface area contributed by atoms with Gasteiger partial charge in [-0.05, 0) is 26.2 Å². The fraction of sp³-hybridized carbons (Fsp3) is 0.368. The molecule has 0 radical (unpaired) electrons. The van der Waals surface area contributed by atoms with Crippen molar-refractivity contribution in [3.05, 3.63) is 47.2 Å². The second-order valence-electron chi connectivity index (χ2n) is 5.50. The zero-order chi connectivity index (χ0) is 17.5. The molecule has 1 aromatic heterocycles. The monoisotopic (exact) mass is 330 g/mol. The van der Waals surface area contributed by atoms with Gasteiger partial charge in [0.2, 0.25) is 0 Å². The Morgan fingerprint density at radius 2 is 1.83 bits per heavy atom. The molecule has 0 fully saturated rings. The molecule has 24 heavy (non-hydrogen) atoms. The van der Waals surface area contributed by atoms with E-state index in [1.54, 1.807) is 6.92 Å². The summed E-state index contributed by atoms with van der Waals surface area (Å²) in [6, 6.07) is 9.67. The number of hydrogen-bond donors (Lipinski definition) is 0. The highest BCUT2D eigenvalue weighted by Gasteiger charge is 2.24. The van der Waals surface area contributed by atoms with Crippen molar-refractivity contribution < 1.29 is 23.5 Å². The normalized spacial score (nSPS) is 10.5. The molecular formula is C19H22O5. The van der Waals surface area contributed by atoms with Crippen LogP contribution < -0.4 is 0 Å². The third kappa shape index (κ3) is 4.25. The lowest BCUT2D eigenvalue weighted by Gasteiger charge is -2.06. The molecule has 128 valence electrons. The molecule has 5 heteroatoms. The van der Waals surface area contributed by atoms with E-state index in [1.165, 1.54) is 14.0 Å². The van der Waals surface area contributed by atoms with E-state index in [0.717, 1.165) is 24.0 Å². The summed E-state index contributed by atoms with van der Waals surface area (Å²) in [4.78, 5) is 22.9. The number of hydrogen-bond acceptors (Lipinski definition) is 5. The molecule has 0 aliphatic rings. The first-order valence-electron chi connectivity index (χ1n) is 7.94. The van der Waals surface area contributed by atoms with E-state index in [1.807, 2.05) is 30.3 Å². The summed E-state index contributed by atoms with van der Waals surface area (Å²) in [5, 5.41) is 0. The predicted octanol–water partition coefficient (Wildman–Crippen LogP) is 3.93. The molecule has 0 unspecified atom stereocenters. The number of aryl methyl sites for hydroxylation is 1. The number of rotatable bonds is 7. The lowest BCUT2D eigenvalue weighted by molar-refractivity contribution is -0.141. The number of esters is 2. The van der Waals surface area contributed by atoms with Crippen molar-refractivity contribution in [1.29, 1.82) is 0 Å². The lowest BCUT2D eigenvalue weighted by atomic mass is 9.99. The van der Waals surface area contributed by atoms with Crippen molar-refractivity contribution in [3.63, 3.8) is 0 Å². The van der Waals surface area contributed by atoms with Gasteiger partial charge in [0.05, 0.1) is 13.7 Å². The largest absolute Gasteiger partial charge is 0.466 e. The molecule has 2 aromatic rings. The molecule has 0 amide bonds. The van der Waals surface area contributed by atoms with Gasteiger partial charge in [-0.1, -0.05) is 30.3 Å². The van der Waals surface area contributed by atoms with E-state index in [0.29, 0.717) is 30.1 Å². The molecule has 2 rings (SSSR count). The molecule has 0 spiro atoms. The highest BCUT2D eigenvalue weighted by atomic mass is 16.5. The van der Waals surface area contributed by atoms with E-state index in [-0.39, 0.29) is 5.97 Å². The maximum absolute atomic E-state index is 12.1. The number of furan rings is 1. The Morgan fingerprint density at radius 3 is 2.46 bits per heavy atom. The molecule has 0 saturated heterocycles. The summed E-state index contributed by atoms with van der Waals surface area (Å²) in [5.41, 5.74) is 2.25. The molecule has 0 saturated carbocycles. The minimum Gasteiger partial charge on any atom is -0.466 e. The average Bonchev–Trinajstić information content (AvgIpc) is 2.91. The summed E-state index contributed by atoms with van der Waals surface area (Å²) in [6.45, 7) is 3.53. The minimum atomic E-state index is -0.395. The first kappa shape index (κ1) is 17.8. The van der Waals surface area contributed by atoms with Gasteiger partial charge < -0.3 is 13.9 Å². The van der Waals surface area contributed by atoms with Crippen molar-refractivity contribution in [1.82, 2.24) is 0 Å². The topological polar surface area (TPSA) is 65.7 Å². The van der Waals surface area contributed by atoms with Gasteiger partial charge in [0.1, 0.15) is 17.1 Å². The van der Waals surface area contributed by atoms with E-state index >= 15 is 0 Å². The van der Waals surface area contributed by atoms with Crippen LogP contribution in [-0.2, 0) is 20.7 Å². The second-order valence-corrected chi connectivity index (χ2v) is 5.50. The molecule has 0 bridgehead atoms. The van der Waals surface area contributed by atoms with Gasteiger partial charge in [0, 0.05) is 18.1 Å². The zero-order valence-corrected chi connectivity index (χ0v) is 14.3. The quantitative estimate of drug-likeness (QED) is 0.568. The fourth-order valence-corrected chi connectivity index (χ4v) is 2.64. The van der Waals surface area contributed by atoms with E-state index in [2.05, 4.69) is 0 Å². The van der Waals surface area contributed by atoms with Crippen LogP contribution in [0.1, 0.15) is 41.4 Å². The minimum absolute atomic E-state index is 0.283. The maximum Gasteiger partial charge on any atom is 0.341 e. The third-order valence-electron chi connectivity index (χ3n) is 3.74. The van der Waals surface area contributed by atoms with E-state index in [4.69, 9.17) is 13.9 Å². The molecule has 0 atom stereocenters. The number of benzene rings is 1. The zero-order valence-electron chi connectivity index (χ0n) is 14.3. The maximum atomic E-state index is 12.1. The molecule has 0 aliphatic carbocycles. The van der Waals surface area contributed by atoms with Crippen LogP contribution in [0.25, 0.3) is 11.3 Å². The summed E-state index contributed by atoms with van der Waals surface area (Å²) >= 11 is 0. The van der Waals surface area contributed by atoms with Gasteiger partial charge in [0.15, 0.2) is 0 Å².